The molecule has 0 bridgehead atoms. The summed E-state index contributed by atoms with van der Waals surface area (Å²) in [6.07, 6.45) is 1.76. The van der Waals surface area contributed by atoms with Gasteiger partial charge in [0.15, 0.2) is 0 Å². The Morgan fingerprint density at radius 2 is 1.31 bits per heavy atom. The van der Waals surface area contributed by atoms with E-state index in [9.17, 15) is 9.59 Å². The Balaban J connectivity index is 1.78. The van der Waals surface area contributed by atoms with Crippen LogP contribution in [0.3, 0.4) is 0 Å². The van der Waals surface area contributed by atoms with E-state index >= 15 is 0 Å². The van der Waals surface area contributed by atoms with E-state index in [4.69, 9.17) is 4.74 Å². The Morgan fingerprint density at radius 3 is 1.54 bits per heavy atom. The van der Waals surface area contributed by atoms with Crippen LogP contribution in [0.15, 0.2) is 0 Å². The zero-order valence-corrected chi connectivity index (χ0v) is 7.95. The van der Waals surface area contributed by atoms with Crippen LogP contribution in [0.1, 0.15) is 26.7 Å². The smallest absolute Gasteiger partial charge is 0.316 e. The monoisotopic (exact) mass is 182 g/mol. The van der Waals surface area contributed by atoms with Gasteiger partial charge in [-0.3, -0.25) is 9.59 Å². The fourth-order valence-electron chi connectivity index (χ4n) is 1.55. The maximum absolute atomic E-state index is 11.2. The van der Waals surface area contributed by atoms with Crippen molar-refractivity contribution >= 4 is 11.9 Å². The fourth-order valence-corrected chi connectivity index (χ4v) is 1.55. The minimum absolute atomic E-state index is 0.00185. The largest absolute Gasteiger partial charge is 0.393 e. The SMILES string of the molecule is C[C@@H]1C[C@@H]1C(=O)OC(=O)[C@H]1C[C@H]1C. The highest BCUT2D eigenvalue weighted by atomic mass is 16.6. The predicted molar refractivity (Wildman–Crippen MR) is 45.6 cm³/mol. The van der Waals surface area contributed by atoms with E-state index in [2.05, 4.69) is 0 Å². The van der Waals surface area contributed by atoms with Crippen molar-refractivity contribution in [1.29, 1.82) is 0 Å². The molecule has 0 spiro atoms. The molecule has 2 saturated carbocycles. The average Bonchev–Trinajstić information content (AvgIpc) is 2.89. The first-order valence-electron chi connectivity index (χ1n) is 4.85. The molecule has 0 unspecified atom stereocenters. The van der Waals surface area contributed by atoms with Crippen molar-refractivity contribution in [2.24, 2.45) is 23.7 Å². The molecule has 2 rings (SSSR count). The van der Waals surface area contributed by atoms with Crippen molar-refractivity contribution in [3.63, 3.8) is 0 Å². The highest BCUT2D eigenvalue weighted by Gasteiger charge is 2.45. The molecular weight excluding hydrogens is 168 g/mol. The molecule has 0 heterocycles. The summed E-state index contributed by atoms with van der Waals surface area (Å²) >= 11 is 0. The summed E-state index contributed by atoms with van der Waals surface area (Å²) in [7, 11) is 0. The van der Waals surface area contributed by atoms with Crippen molar-refractivity contribution in [1.82, 2.24) is 0 Å². The van der Waals surface area contributed by atoms with Crippen LogP contribution in [0.4, 0.5) is 0 Å². The second-order valence-corrected chi connectivity index (χ2v) is 4.38. The van der Waals surface area contributed by atoms with Gasteiger partial charge in [-0.15, -0.1) is 0 Å². The number of hydrogen-bond donors (Lipinski definition) is 0. The van der Waals surface area contributed by atoms with E-state index < -0.39 is 0 Å². The maximum atomic E-state index is 11.2. The third-order valence-corrected chi connectivity index (χ3v) is 3.03. The highest BCUT2D eigenvalue weighted by molar-refractivity contribution is 5.90. The van der Waals surface area contributed by atoms with Crippen LogP contribution in [0, 0.1) is 23.7 Å². The Hall–Kier alpha value is -0.860. The lowest BCUT2D eigenvalue weighted by Crippen LogP contribution is -2.16. The molecule has 0 aromatic rings. The van der Waals surface area contributed by atoms with E-state index in [-0.39, 0.29) is 23.8 Å². The molecule has 0 radical (unpaired) electrons. The molecule has 0 N–H and O–H groups in total. The molecule has 0 amide bonds. The van der Waals surface area contributed by atoms with E-state index in [0.717, 1.165) is 12.8 Å². The van der Waals surface area contributed by atoms with Gasteiger partial charge < -0.3 is 4.74 Å². The standard InChI is InChI=1S/C10H14O3/c1-5-3-7(5)9(11)13-10(12)8-4-6(8)2/h5-8H,3-4H2,1-2H3/t5-,6-,7+,8+/m1/s1. The quantitative estimate of drug-likeness (QED) is 0.478. The van der Waals surface area contributed by atoms with Crippen LogP contribution in [0.5, 0.6) is 0 Å². The molecule has 3 nitrogen and oxygen atoms in total. The summed E-state index contributed by atoms with van der Waals surface area (Å²) in [6.45, 7) is 3.99. The summed E-state index contributed by atoms with van der Waals surface area (Å²) in [5.74, 6) is 0.207. The topological polar surface area (TPSA) is 43.4 Å². The van der Waals surface area contributed by atoms with Gasteiger partial charge in [0.25, 0.3) is 0 Å². The molecule has 13 heavy (non-hydrogen) atoms. The minimum Gasteiger partial charge on any atom is -0.393 e. The van der Waals surface area contributed by atoms with Crippen LogP contribution in [0.25, 0.3) is 0 Å². The Labute approximate surface area is 77.4 Å². The van der Waals surface area contributed by atoms with Crippen molar-refractivity contribution in [2.45, 2.75) is 26.7 Å². The summed E-state index contributed by atoms with van der Waals surface area (Å²) in [6, 6.07) is 0. The Morgan fingerprint density at radius 1 is 1.00 bits per heavy atom. The third-order valence-electron chi connectivity index (χ3n) is 3.03. The van der Waals surface area contributed by atoms with Gasteiger partial charge in [0.05, 0.1) is 11.8 Å². The predicted octanol–water partition coefficient (Wildman–Crippen LogP) is 1.37. The van der Waals surface area contributed by atoms with E-state index in [1.807, 2.05) is 13.8 Å². The molecule has 2 aliphatic rings. The maximum Gasteiger partial charge on any atom is 0.316 e. The van der Waals surface area contributed by atoms with Crippen LogP contribution < -0.4 is 0 Å². The normalized spacial score (nSPS) is 41.1. The summed E-state index contributed by atoms with van der Waals surface area (Å²) < 4.78 is 4.76. The minimum atomic E-state index is -0.309. The van der Waals surface area contributed by atoms with Gasteiger partial charge >= 0.3 is 11.9 Å². The summed E-state index contributed by atoms with van der Waals surface area (Å²) in [5.41, 5.74) is 0. The van der Waals surface area contributed by atoms with Crippen molar-refractivity contribution < 1.29 is 14.3 Å². The number of carbonyl (C=O) groups is 2. The molecule has 0 aromatic heterocycles. The van der Waals surface area contributed by atoms with Crippen molar-refractivity contribution in [2.75, 3.05) is 0 Å². The number of carbonyl (C=O) groups excluding carboxylic acids is 2. The average molecular weight is 182 g/mol. The van der Waals surface area contributed by atoms with Gasteiger partial charge in [0, 0.05) is 0 Å². The molecule has 4 atom stereocenters. The number of rotatable bonds is 2. The zero-order chi connectivity index (χ0) is 9.59. The second kappa shape index (κ2) is 2.82. The first kappa shape index (κ1) is 8.73. The molecule has 0 aliphatic heterocycles. The van der Waals surface area contributed by atoms with Crippen LogP contribution in [-0.4, -0.2) is 11.9 Å². The first-order chi connectivity index (χ1) is 6.09. The second-order valence-electron chi connectivity index (χ2n) is 4.38. The first-order valence-corrected chi connectivity index (χ1v) is 4.85. The third kappa shape index (κ3) is 1.74. The van der Waals surface area contributed by atoms with Gasteiger partial charge in [-0.1, -0.05) is 13.8 Å². The lowest BCUT2D eigenvalue weighted by molar-refractivity contribution is -0.161. The van der Waals surface area contributed by atoms with Crippen LogP contribution in [0.2, 0.25) is 0 Å². The van der Waals surface area contributed by atoms with Crippen LogP contribution in [-0.2, 0) is 14.3 Å². The van der Waals surface area contributed by atoms with E-state index in [1.54, 1.807) is 0 Å². The summed E-state index contributed by atoms with van der Waals surface area (Å²) in [4.78, 5) is 22.4. The number of hydrogen-bond acceptors (Lipinski definition) is 3. The highest BCUT2D eigenvalue weighted by Crippen LogP contribution is 2.41. The van der Waals surface area contributed by atoms with E-state index in [1.165, 1.54) is 0 Å². The number of esters is 2. The summed E-state index contributed by atoms with van der Waals surface area (Å²) in [5, 5.41) is 0. The molecule has 2 aliphatic carbocycles. The van der Waals surface area contributed by atoms with Crippen molar-refractivity contribution in [3.05, 3.63) is 0 Å². The zero-order valence-electron chi connectivity index (χ0n) is 7.95. The Bertz CT molecular complexity index is 233. The van der Waals surface area contributed by atoms with Gasteiger partial charge in [-0.25, -0.2) is 0 Å². The van der Waals surface area contributed by atoms with Gasteiger partial charge in [-0.2, -0.15) is 0 Å². The molecule has 0 aromatic carbocycles. The molecule has 3 heteroatoms. The van der Waals surface area contributed by atoms with Crippen LogP contribution >= 0.6 is 0 Å². The Kier molecular flexibility index (Phi) is 1.90. The molecule has 2 fully saturated rings. The number of ether oxygens (including phenoxy) is 1. The lowest BCUT2D eigenvalue weighted by atomic mass is 10.3. The molecule has 72 valence electrons. The van der Waals surface area contributed by atoms with Crippen molar-refractivity contribution in [3.8, 4) is 0 Å². The fraction of sp³-hybridized carbons (Fsp3) is 0.800. The lowest BCUT2D eigenvalue weighted by Gasteiger charge is -1.99. The van der Waals surface area contributed by atoms with Gasteiger partial charge in [0.2, 0.25) is 0 Å². The van der Waals surface area contributed by atoms with Gasteiger partial charge in [-0.05, 0) is 24.7 Å². The molecule has 0 saturated heterocycles. The van der Waals surface area contributed by atoms with Gasteiger partial charge in [0.1, 0.15) is 0 Å². The van der Waals surface area contributed by atoms with E-state index in [0.29, 0.717) is 11.8 Å². The molecular formula is C10H14O3.